The number of rotatable bonds is 8. The minimum Gasteiger partial charge on any atom is -0.444 e. The number of hydrogen-bond donors (Lipinski definition) is 3. The maximum Gasteiger partial charge on any atom is 0.407 e. The Morgan fingerprint density at radius 1 is 1.17 bits per heavy atom. The van der Waals surface area contributed by atoms with E-state index in [-0.39, 0.29) is 36.4 Å². The molecular formula is C19H33IN6O3. The average Bonchev–Trinajstić information content (AvgIpc) is 2.64. The van der Waals surface area contributed by atoms with Crippen molar-refractivity contribution in [2.24, 2.45) is 4.99 Å². The van der Waals surface area contributed by atoms with E-state index in [4.69, 9.17) is 4.74 Å². The van der Waals surface area contributed by atoms with Crippen LogP contribution in [0.2, 0.25) is 0 Å². The van der Waals surface area contributed by atoms with Crippen LogP contribution in [-0.2, 0) is 16.0 Å². The van der Waals surface area contributed by atoms with Gasteiger partial charge in [-0.25, -0.2) is 4.79 Å². The molecule has 9 nitrogen and oxygen atoms in total. The summed E-state index contributed by atoms with van der Waals surface area (Å²) in [6.07, 6.45) is 1.97. The molecule has 0 aliphatic heterocycles. The molecule has 10 heteroatoms. The molecule has 0 aliphatic carbocycles. The molecule has 0 bridgehead atoms. The van der Waals surface area contributed by atoms with Gasteiger partial charge in [0.05, 0.1) is 6.54 Å². The third kappa shape index (κ3) is 12.9. The van der Waals surface area contributed by atoms with Crippen LogP contribution in [0.4, 0.5) is 4.79 Å². The number of pyridine rings is 1. The Balaban J connectivity index is 0.00000784. The lowest BCUT2D eigenvalue weighted by Crippen LogP contribution is -2.46. The van der Waals surface area contributed by atoms with Crippen LogP contribution in [0.3, 0.4) is 0 Å². The van der Waals surface area contributed by atoms with Gasteiger partial charge in [0, 0.05) is 52.0 Å². The Morgan fingerprint density at radius 3 is 2.45 bits per heavy atom. The maximum atomic E-state index is 12.2. The number of carbonyl (C=O) groups excluding carboxylic acids is 2. The van der Waals surface area contributed by atoms with E-state index in [1.807, 2.05) is 18.2 Å². The Labute approximate surface area is 190 Å². The van der Waals surface area contributed by atoms with Gasteiger partial charge in [-0.05, 0) is 32.9 Å². The van der Waals surface area contributed by atoms with Gasteiger partial charge in [0.15, 0.2) is 5.96 Å². The SMILES string of the molecule is CN=C(NCCNC(=O)OC(C)(C)C)NCC(=O)N(C)CCc1ccccn1.I. The van der Waals surface area contributed by atoms with E-state index < -0.39 is 11.7 Å². The highest BCUT2D eigenvalue weighted by molar-refractivity contribution is 14.0. The summed E-state index contributed by atoms with van der Waals surface area (Å²) in [5, 5.41) is 8.64. The smallest absolute Gasteiger partial charge is 0.407 e. The van der Waals surface area contributed by atoms with E-state index in [9.17, 15) is 9.59 Å². The van der Waals surface area contributed by atoms with Crippen molar-refractivity contribution in [3.8, 4) is 0 Å². The van der Waals surface area contributed by atoms with Crippen LogP contribution < -0.4 is 16.0 Å². The van der Waals surface area contributed by atoms with Crippen LogP contribution in [0.1, 0.15) is 26.5 Å². The normalized spacial score (nSPS) is 11.1. The molecule has 0 aromatic carbocycles. The fraction of sp³-hybridized carbons (Fsp3) is 0.579. The summed E-state index contributed by atoms with van der Waals surface area (Å²) in [4.78, 5) is 33.7. The lowest BCUT2D eigenvalue weighted by atomic mass is 10.2. The summed E-state index contributed by atoms with van der Waals surface area (Å²) >= 11 is 0. The number of ether oxygens (including phenoxy) is 1. The predicted molar refractivity (Wildman–Crippen MR) is 125 cm³/mol. The molecule has 0 aliphatic rings. The average molecular weight is 520 g/mol. The summed E-state index contributed by atoms with van der Waals surface area (Å²) in [5.74, 6) is 0.434. The van der Waals surface area contributed by atoms with Gasteiger partial charge in [-0.3, -0.25) is 14.8 Å². The third-order valence-electron chi connectivity index (χ3n) is 3.57. The minimum absolute atomic E-state index is 0. The molecule has 1 aromatic heterocycles. The van der Waals surface area contributed by atoms with Gasteiger partial charge in [-0.1, -0.05) is 6.07 Å². The van der Waals surface area contributed by atoms with Crippen molar-refractivity contribution in [3.05, 3.63) is 30.1 Å². The summed E-state index contributed by atoms with van der Waals surface area (Å²) in [5.41, 5.74) is 0.419. The zero-order valence-electron chi connectivity index (χ0n) is 17.8. The molecule has 164 valence electrons. The van der Waals surface area contributed by atoms with Crippen molar-refractivity contribution in [3.63, 3.8) is 0 Å². The number of amides is 2. The Hall–Kier alpha value is -2.11. The van der Waals surface area contributed by atoms with Gasteiger partial charge < -0.3 is 25.6 Å². The molecule has 0 saturated heterocycles. The monoisotopic (exact) mass is 520 g/mol. The van der Waals surface area contributed by atoms with Crippen molar-refractivity contribution in [2.45, 2.75) is 32.8 Å². The summed E-state index contributed by atoms with van der Waals surface area (Å²) < 4.78 is 5.15. The van der Waals surface area contributed by atoms with E-state index in [2.05, 4.69) is 25.9 Å². The number of nitrogens with zero attached hydrogens (tertiary/aromatic N) is 3. The Morgan fingerprint density at radius 2 is 1.86 bits per heavy atom. The lowest BCUT2D eigenvalue weighted by Gasteiger charge is -2.20. The van der Waals surface area contributed by atoms with Crippen LogP contribution >= 0.6 is 24.0 Å². The van der Waals surface area contributed by atoms with Gasteiger partial charge in [-0.15, -0.1) is 24.0 Å². The first kappa shape index (κ1) is 26.9. The fourth-order valence-electron chi connectivity index (χ4n) is 2.13. The largest absolute Gasteiger partial charge is 0.444 e. The van der Waals surface area contributed by atoms with E-state index in [1.54, 1.807) is 46.0 Å². The highest BCUT2D eigenvalue weighted by Gasteiger charge is 2.15. The zero-order valence-corrected chi connectivity index (χ0v) is 20.1. The number of aliphatic imine (C=N–C) groups is 1. The van der Waals surface area contributed by atoms with Crippen molar-refractivity contribution in [1.82, 2.24) is 25.8 Å². The fourth-order valence-corrected chi connectivity index (χ4v) is 2.13. The van der Waals surface area contributed by atoms with Crippen molar-refractivity contribution in [1.29, 1.82) is 0 Å². The number of aromatic nitrogens is 1. The topological polar surface area (TPSA) is 108 Å². The molecule has 0 saturated carbocycles. The first-order valence-corrected chi connectivity index (χ1v) is 9.26. The number of alkyl carbamates (subject to hydrolysis) is 1. The first-order valence-electron chi connectivity index (χ1n) is 9.26. The second kappa shape index (κ2) is 14.0. The second-order valence-corrected chi connectivity index (χ2v) is 7.17. The standard InChI is InChI=1S/C19H32N6O3.HI/c1-19(2,3)28-18(27)23-12-11-22-17(20-4)24-14-16(26)25(5)13-9-15-8-6-7-10-21-15;/h6-8,10H,9,11-14H2,1-5H3,(H,23,27)(H2,20,22,24);1H. The highest BCUT2D eigenvalue weighted by atomic mass is 127. The molecular weight excluding hydrogens is 487 g/mol. The Bertz CT molecular complexity index is 649. The van der Waals surface area contributed by atoms with Crippen LogP contribution in [0, 0.1) is 0 Å². The molecule has 0 radical (unpaired) electrons. The van der Waals surface area contributed by atoms with Gasteiger partial charge in [0.2, 0.25) is 5.91 Å². The molecule has 3 N–H and O–H groups in total. The summed E-state index contributed by atoms with van der Waals surface area (Å²) in [7, 11) is 3.37. The van der Waals surface area contributed by atoms with Gasteiger partial charge in [-0.2, -0.15) is 0 Å². The van der Waals surface area contributed by atoms with Crippen LogP contribution in [0.5, 0.6) is 0 Å². The van der Waals surface area contributed by atoms with Gasteiger partial charge >= 0.3 is 6.09 Å². The van der Waals surface area contributed by atoms with Crippen molar-refractivity contribution < 1.29 is 14.3 Å². The number of likely N-dealkylation sites (N-methyl/N-ethyl adjacent to an activating group) is 1. The molecule has 2 amide bonds. The molecule has 0 spiro atoms. The molecule has 1 rings (SSSR count). The summed E-state index contributed by atoms with van der Waals surface area (Å²) in [6.45, 7) is 6.94. The van der Waals surface area contributed by atoms with Crippen LogP contribution in [0.25, 0.3) is 0 Å². The van der Waals surface area contributed by atoms with Crippen molar-refractivity contribution in [2.75, 3.05) is 40.3 Å². The summed E-state index contributed by atoms with van der Waals surface area (Å²) in [6, 6.07) is 5.73. The lowest BCUT2D eigenvalue weighted by molar-refractivity contribution is -0.128. The molecule has 0 fully saturated rings. The highest BCUT2D eigenvalue weighted by Crippen LogP contribution is 2.05. The molecule has 1 heterocycles. The third-order valence-corrected chi connectivity index (χ3v) is 3.57. The van der Waals surface area contributed by atoms with Crippen LogP contribution in [-0.4, -0.2) is 73.7 Å². The number of guanidine groups is 1. The first-order chi connectivity index (χ1) is 13.2. The van der Waals surface area contributed by atoms with Gasteiger partial charge in [0.25, 0.3) is 0 Å². The molecule has 0 atom stereocenters. The number of nitrogens with one attached hydrogen (secondary N) is 3. The maximum absolute atomic E-state index is 12.2. The second-order valence-electron chi connectivity index (χ2n) is 7.17. The molecule has 29 heavy (non-hydrogen) atoms. The quantitative estimate of drug-likeness (QED) is 0.207. The Kier molecular flexibility index (Phi) is 12.9. The van der Waals surface area contributed by atoms with E-state index in [0.29, 0.717) is 32.0 Å². The molecule has 1 aromatic rings. The van der Waals surface area contributed by atoms with Crippen molar-refractivity contribution >= 4 is 41.9 Å². The number of carbonyl (C=O) groups is 2. The molecule has 0 unspecified atom stereocenters. The number of hydrogen-bond acceptors (Lipinski definition) is 5. The zero-order chi connectivity index (χ0) is 21.0. The van der Waals surface area contributed by atoms with E-state index in [1.165, 1.54) is 0 Å². The van der Waals surface area contributed by atoms with Crippen LogP contribution in [0.15, 0.2) is 29.4 Å². The van der Waals surface area contributed by atoms with E-state index in [0.717, 1.165) is 5.69 Å². The predicted octanol–water partition coefficient (Wildman–Crippen LogP) is 1.39. The van der Waals surface area contributed by atoms with Gasteiger partial charge in [0.1, 0.15) is 5.60 Å². The van der Waals surface area contributed by atoms with E-state index >= 15 is 0 Å². The number of halogens is 1. The minimum atomic E-state index is -0.530.